The minimum absolute atomic E-state index is 0.00918. The maximum atomic E-state index is 13.3. The van der Waals surface area contributed by atoms with E-state index < -0.39 is 11.7 Å². The number of piperidine rings is 1. The highest BCUT2D eigenvalue weighted by atomic mass is 16.5. The van der Waals surface area contributed by atoms with Crippen LogP contribution in [0.5, 0.6) is 5.75 Å². The van der Waals surface area contributed by atoms with Gasteiger partial charge in [0.2, 0.25) is 0 Å². The molecule has 2 aliphatic heterocycles. The number of hydrogen-bond donors (Lipinski definition) is 1. The third kappa shape index (κ3) is 3.60. The van der Waals surface area contributed by atoms with E-state index in [1.54, 1.807) is 12.1 Å². The summed E-state index contributed by atoms with van der Waals surface area (Å²) in [5.74, 6) is 0.207. The van der Waals surface area contributed by atoms with Gasteiger partial charge >= 0.3 is 5.97 Å². The third-order valence-electron chi connectivity index (χ3n) is 5.00. The second-order valence-corrected chi connectivity index (χ2v) is 6.72. The molecule has 3 rings (SSSR count). The lowest BCUT2D eigenvalue weighted by Gasteiger charge is -2.49. The zero-order valence-electron chi connectivity index (χ0n) is 15.4. The zero-order chi connectivity index (χ0) is 18.6. The quantitative estimate of drug-likeness (QED) is 0.647. The van der Waals surface area contributed by atoms with Gasteiger partial charge in [0.15, 0.2) is 5.72 Å². The van der Waals surface area contributed by atoms with Crippen LogP contribution in [0.1, 0.15) is 48.5 Å². The molecule has 1 amide bonds. The summed E-state index contributed by atoms with van der Waals surface area (Å²) in [4.78, 5) is 26.5. The molecule has 1 aromatic rings. The van der Waals surface area contributed by atoms with Gasteiger partial charge in [-0.1, -0.05) is 19.4 Å². The van der Waals surface area contributed by atoms with Crippen LogP contribution in [0.25, 0.3) is 6.08 Å². The number of hydrogen-bond acceptors (Lipinski definition) is 5. The highest BCUT2D eigenvalue weighted by Gasteiger charge is 2.47. The van der Waals surface area contributed by atoms with Gasteiger partial charge in [0, 0.05) is 38.6 Å². The van der Waals surface area contributed by atoms with E-state index in [9.17, 15) is 9.59 Å². The molecule has 0 bridgehead atoms. The fourth-order valence-electron chi connectivity index (χ4n) is 3.54. The van der Waals surface area contributed by atoms with Crippen LogP contribution in [0.2, 0.25) is 0 Å². The number of carbonyl (C=O) groups is 2. The van der Waals surface area contributed by atoms with Crippen LogP contribution in [0.3, 0.4) is 0 Å². The van der Waals surface area contributed by atoms with Crippen molar-refractivity contribution in [3.8, 4) is 5.75 Å². The maximum absolute atomic E-state index is 13.3. The fraction of sp³-hybridized carbons (Fsp3) is 0.500. The van der Waals surface area contributed by atoms with Gasteiger partial charge in [-0.25, -0.2) is 4.79 Å². The lowest BCUT2D eigenvalue weighted by Crippen LogP contribution is -2.62. The molecule has 2 aliphatic rings. The van der Waals surface area contributed by atoms with Crippen molar-refractivity contribution >= 4 is 18.0 Å². The summed E-state index contributed by atoms with van der Waals surface area (Å²) in [5.41, 5.74) is 0.772. The Bertz CT molecular complexity index is 708. The van der Waals surface area contributed by atoms with E-state index in [4.69, 9.17) is 4.74 Å². The SMILES string of the molecule is CCCCN1C(=O)c2cc(C=CC(=O)OC)ccc2OC12CCNCC2. The largest absolute Gasteiger partial charge is 0.467 e. The molecule has 1 N–H and O–H groups in total. The van der Waals surface area contributed by atoms with Gasteiger partial charge in [-0.3, -0.25) is 4.79 Å². The Hall–Kier alpha value is -2.34. The Labute approximate surface area is 154 Å². The van der Waals surface area contributed by atoms with Gasteiger partial charge in [0.1, 0.15) is 5.75 Å². The van der Waals surface area contributed by atoms with Gasteiger partial charge in [-0.2, -0.15) is 0 Å². The van der Waals surface area contributed by atoms with E-state index >= 15 is 0 Å². The van der Waals surface area contributed by atoms with Crippen LogP contribution < -0.4 is 10.1 Å². The summed E-state index contributed by atoms with van der Waals surface area (Å²) < 4.78 is 11.0. The fourth-order valence-corrected chi connectivity index (χ4v) is 3.54. The molecule has 6 nitrogen and oxygen atoms in total. The highest BCUT2D eigenvalue weighted by Crippen LogP contribution is 2.39. The summed E-state index contributed by atoms with van der Waals surface area (Å²) in [6.07, 6.45) is 6.52. The van der Waals surface area contributed by atoms with Crippen LogP contribution in [0, 0.1) is 0 Å². The molecule has 0 aromatic heterocycles. The summed E-state index contributed by atoms with van der Waals surface area (Å²) in [7, 11) is 1.33. The lowest BCUT2D eigenvalue weighted by atomic mass is 9.94. The van der Waals surface area contributed by atoms with E-state index in [0.717, 1.165) is 44.3 Å². The number of unbranched alkanes of at least 4 members (excludes halogenated alkanes) is 1. The van der Waals surface area contributed by atoms with E-state index in [-0.39, 0.29) is 5.91 Å². The van der Waals surface area contributed by atoms with Gasteiger partial charge in [0.05, 0.1) is 12.7 Å². The van der Waals surface area contributed by atoms with Gasteiger partial charge in [0.25, 0.3) is 5.91 Å². The van der Waals surface area contributed by atoms with Gasteiger partial charge in [-0.05, 0) is 30.2 Å². The number of esters is 1. The Kier molecular flexibility index (Phi) is 5.61. The van der Waals surface area contributed by atoms with E-state index in [0.29, 0.717) is 17.9 Å². The molecule has 0 aliphatic carbocycles. The third-order valence-corrected chi connectivity index (χ3v) is 5.00. The first-order valence-electron chi connectivity index (χ1n) is 9.21. The molecule has 26 heavy (non-hydrogen) atoms. The van der Waals surface area contributed by atoms with Crippen molar-refractivity contribution < 1.29 is 19.1 Å². The number of rotatable bonds is 5. The minimum atomic E-state index is -0.548. The number of carbonyl (C=O) groups excluding carboxylic acids is 2. The number of nitrogens with zero attached hydrogens (tertiary/aromatic N) is 1. The van der Waals surface area contributed by atoms with Crippen molar-refractivity contribution in [1.29, 1.82) is 0 Å². The molecule has 6 heteroatoms. The molecule has 2 heterocycles. The predicted octanol–water partition coefficient (Wildman–Crippen LogP) is 2.59. The van der Waals surface area contributed by atoms with Crippen LogP contribution >= 0.6 is 0 Å². The van der Waals surface area contributed by atoms with Crippen molar-refractivity contribution in [3.05, 3.63) is 35.4 Å². The number of methoxy groups -OCH3 is 1. The molecule has 0 saturated carbocycles. The van der Waals surface area contributed by atoms with E-state index in [1.165, 1.54) is 13.2 Å². The number of nitrogens with one attached hydrogen (secondary N) is 1. The van der Waals surface area contributed by atoms with Crippen LogP contribution in [-0.2, 0) is 9.53 Å². The van der Waals surface area contributed by atoms with Gasteiger partial charge < -0.3 is 19.7 Å². The van der Waals surface area contributed by atoms with Crippen molar-refractivity contribution in [2.45, 2.75) is 38.3 Å². The van der Waals surface area contributed by atoms with E-state index in [2.05, 4.69) is 17.0 Å². The first kappa shape index (κ1) is 18.5. The van der Waals surface area contributed by atoms with Crippen LogP contribution in [0.4, 0.5) is 0 Å². The topological polar surface area (TPSA) is 67.9 Å². The summed E-state index contributed by atoms with van der Waals surface area (Å²) >= 11 is 0. The van der Waals surface area contributed by atoms with Crippen molar-refractivity contribution in [3.63, 3.8) is 0 Å². The minimum Gasteiger partial charge on any atom is -0.467 e. The molecule has 1 spiro atoms. The van der Waals surface area contributed by atoms with Crippen LogP contribution in [-0.4, -0.2) is 49.2 Å². The molecule has 0 unspecified atom stereocenters. The summed E-state index contributed by atoms with van der Waals surface area (Å²) in [6.45, 7) is 4.49. The first-order chi connectivity index (χ1) is 12.6. The number of amides is 1. The number of fused-ring (bicyclic) bond motifs is 1. The predicted molar refractivity (Wildman–Crippen MR) is 98.9 cm³/mol. The Morgan fingerprint density at radius 1 is 1.38 bits per heavy atom. The zero-order valence-corrected chi connectivity index (χ0v) is 15.4. The average Bonchev–Trinajstić information content (AvgIpc) is 2.67. The molecular weight excluding hydrogens is 332 g/mol. The molecule has 1 saturated heterocycles. The summed E-state index contributed by atoms with van der Waals surface area (Å²) in [5, 5.41) is 3.34. The van der Waals surface area contributed by atoms with Crippen LogP contribution in [0.15, 0.2) is 24.3 Å². The average molecular weight is 358 g/mol. The first-order valence-corrected chi connectivity index (χ1v) is 9.21. The smallest absolute Gasteiger partial charge is 0.330 e. The highest BCUT2D eigenvalue weighted by molar-refractivity contribution is 5.99. The molecule has 1 aromatic carbocycles. The second-order valence-electron chi connectivity index (χ2n) is 6.72. The summed E-state index contributed by atoms with van der Waals surface area (Å²) in [6, 6.07) is 5.46. The molecule has 1 fully saturated rings. The number of benzene rings is 1. The molecular formula is C20H26N2O4. The number of ether oxygens (including phenoxy) is 2. The van der Waals surface area contributed by atoms with E-state index in [1.807, 2.05) is 17.0 Å². The monoisotopic (exact) mass is 358 g/mol. The lowest BCUT2D eigenvalue weighted by molar-refractivity contribution is -0.134. The molecule has 140 valence electrons. The van der Waals surface area contributed by atoms with Crippen molar-refractivity contribution in [2.24, 2.45) is 0 Å². The maximum Gasteiger partial charge on any atom is 0.330 e. The Morgan fingerprint density at radius 3 is 2.85 bits per heavy atom. The Balaban J connectivity index is 1.93. The molecule has 0 radical (unpaired) electrons. The Morgan fingerprint density at radius 2 is 2.15 bits per heavy atom. The second kappa shape index (κ2) is 7.91. The van der Waals surface area contributed by atoms with Crippen molar-refractivity contribution in [2.75, 3.05) is 26.7 Å². The van der Waals surface area contributed by atoms with Crippen molar-refractivity contribution in [1.82, 2.24) is 10.2 Å². The normalized spacial score (nSPS) is 18.7. The molecule has 0 atom stereocenters. The standard InChI is InChI=1S/C20H26N2O4/c1-3-4-13-22-19(24)16-14-15(6-8-18(23)25-2)5-7-17(16)26-20(22)9-11-21-12-10-20/h5-8,14,21H,3-4,9-13H2,1-2H3. The van der Waals surface area contributed by atoms with Gasteiger partial charge in [-0.15, -0.1) is 0 Å².